The van der Waals surface area contributed by atoms with Gasteiger partial charge in [-0.25, -0.2) is 0 Å². The molecule has 2 aromatic rings. The van der Waals surface area contributed by atoms with E-state index in [-0.39, 0.29) is 6.04 Å². The standard InChI is InChI=1S/C17H22BrN3/c1-3-8-20-17(10-15-6-5-14(18)12-21-15)16-7-9-19-11-13(16)4-2/h5-7,9,11-12,17,20H,3-4,8,10H2,1-2H3. The predicted octanol–water partition coefficient (Wildman–Crippen LogP) is 4.08. The average Bonchev–Trinajstić information content (AvgIpc) is 2.53. The summed E-state index contributed by atoms with van der Waals surface area (Å²) < 4.78 is 1.02. The Morgan fingerprint density at radius 1 is 1.19 bits per heavy atom. The minimum Gasteiger partial charge on any atom is -0.310 e. The lowest BCUT2D eigenvalue weighted by Gasteiger charge is -2.21. The molecule has 0 aliphatic carbocycles. The second-order valence-corrected chi connectivity index (χ2v) is 6.02. The summed E-state index contributed by atoms with van der Waals surface area (Å²) in [5.41, 5.74) is 3.75. The Morgan fingerprint density at radius 3 is 2.71 bits per heavy atom. The Kier molecular flexibility index (Phi) is 6.33. The number of aryl methyl sites for hydroxylation is 1. The van der Waals surface area contributed by atoms with Crippen molar-refractivity contribution >= 4 is 15.9 Å². The van der Waals surface area contributed by atoms with Crippen molar-refractivity contribution in [1.29, 1.82) is 0 Å². The van der Waals surface area contributed by atoms with Gasteiger partial charge in [-0.05, 0) is 64.6 Å². The van der Waals surface area contributed by atoms with Gasteiger partial charge in [-0.2, -0.15) is 0 Å². The largest absolute Gasteiger partial charge is 0.310 e. The molecule has 0 saturated carbocycles. The summed E-state index contributed by atoms with van der Waals surface area (Å²) in [5.74, 6) is 0. The molecule has 0 aromatic carbocycles. The second-order valence-electron chi connectivity index (χ2n) is 5.11. The zero-order valence-electron chi connectivity index (χ0n) is 12.6. The van der Waals surface area contributed by atoms with E-state index in [4.69, 9.17) is 0 Å². The summed E-state index contributed by atoms with van der Waals surface area (Å²) in [4.78, 5) is 8.75. The van der Waals surface area contributed by atoms with Gasteiger partial charge in [0.2, 0.25) is 0 Å². The van der Waals surface area contributed by atoms with E-state index < -0.39 is 0 Å². The van der Waals surface area contributed by atoms with Crippen LogP contribution >= 0.6 is 15.9 Å². The van der Waals surface area contributed by atoms with Gasteiger partial charge in [-0.3, -0.25) is 9.97 Å². The number of rotatable bonds is 7. The third-order valence-electron chi connectivity index (χ3n) is 3.54. The normalized spacial score (nSPS) is 12.3. The molecule has 0 bridgehead atoms. The fourth-order valence-electron chi connectivity index (χ4n) is 2.42. The topological polar surface area (TPSA) is 37.8 Å². The first-order chi connectivity index (χ1) is 10.2. The molecule has 0 amide bonds. The summed E-state index contributed by atoms with van der Waals surface area (Å²) in [6.45, 7) is 5.37. The molecular formula is C17H22BrN3. The highest BCUT2D eigenvalue weighted by atomic mass is 79.9. The first-order valence-electron chi connectivity index (χ1n) is 7.51. The number of nitrogens with one attached hydrogen (secondary N) is 1. The third-order valence-corrected chi connectivity index (χ3v) is 4.01. The number of hydrogen-bond acceptors (Lipinski definition) is 3. The number of pyridine rings is 2. The smallest absolute Gasteiger partial charge is 0.0423 e. The highest BCUT2D eigenvalue weighted by Crippen LogP contribution is 2.22. The molecule has 2 heterocycles. The zero-order valence-corrected chi connectivity index (χ0v) is 14.2. The van der Waals surface area contributed by atoms with Crippen LogP contribution in [0, 0.1) is 0 Å². The maximum atomic E-state index is 4.50. The molecule has 0 aliphatic rings. The van der Waals surface area contributed by atoms with Crippen molar-refractivity contribution in [3.05, 3.63) is 58.1 Å². The highest BCUT2D eigenvalue weighted by molar-refractivity contribution is 9.10. The minimum absolute atomic E-state index is 0.288. The number of halogens is 1. The van der Waals surface area contributed by atoms with E-state index in [0.717, 1.165) is 36.0 Å². The third kappa shape index (κ3) is 4.61. The van der Waals surface area contributed by atoms with Crippen LogP contribution in [0.3, 0.4) is 0 Å². The van der Waals surface area contributed by atoms with Crippen LogP contribution in [0.5, 0.6) is 0 Å². The molecule has 0 aliphatic heterocycles. The van der Waals surface area contributed by atoms with Crippen molar-refractivity contribution in [3.8, 4) is 0 Å². The SMILES string of the molecule is CCCNC(Cc1ccc(Br)cn1)c1ccncc1CC. The summed E-state index contributed by atoms with van der Waals surface area (Å²) in [6.07, 6.45) is 8.73. The Hall–Kier alpha value is -1.26. The van der Waals surface area contributed by atoms with Gasteiger partial charge < -0.3 is 5.32 Å². The Labute approximate surface area is 135 Å². The molecule has 21 heavy (non-hydrogen) atoms. The van der Waals surface area contributed by atoms with Gasteiger partial charge in [0.25, 0.3) is 0 Å². The first-order valence-corrected chi connectivity index (χ1v) is 8.30. The van der Waals surface area contributed by atoms with E-state index >= 15 is 0 Å². The van der Waals surface area contributed by atoms with E-state index in [1.54, 1.807) is 0 Å². The van der Waals surface area contributed by atoms with Gasteiger partial charge in [0.15, 0.2) is 0 Å². The lowest BCUT2D eigenvalue weighted by molar-refractivity contribution is 0.520. The summed E-state index contributed by atoms with van der Waals surface area (Å²) in [5, 5.41) is 3.64. The van der Waals surface area contributed by atoms with Crippen molar-refractivity contribution in [3.63, 3.8) is 0 Å². The fraction of sp³-hybridized carbons (Fsp3) is 0.412. The molecule has 2 rings (SSSR count). The quantitative estimate of drug-likeness (QED) is 0.819. The molecule has 0 fully saturated rings. The minimum atomic E-state index is 0.288. The Morgan fingerprint density at radius 2 is 2.05 bits per heavy atom. The van der Waals surface area contributed by atoms with Crippen LogP contribution in [0.1, 0.15) is 43.1 Å². The number of aromatic nitrogens is 2. The van der Waals surface area contributed by atoms with Crippen molar-refractivity contribution in [1.82, 2.24) is 15.3 Å². The van der Waals surface area contributed by atoms with E-state index in [1.165, 1.54) is 11.1 Å². The predicted molar refractivity (Wildman–Crippen MR) is 90.3 cm³/mol. The van der Waals surface area contributed by atoms with Crippen molar-refractivity contribution in [2.75, 3.05) is 6.54 Å². The molecule has 4 heteroatoms. The zero-order chi connectivity index (χ0) is 15.1. The first kappa shape index (κ1) is 16.1. The molecule has 0 saturated heterocycles. The maximum Gasteiger partial charge on any atom is 0.0423 e. The molecule has 1 atom stereocenters. The fourth-order valence-corrected chi connectivity index (χ4v) is 2.65. The van der Waals surface area contributed by atoms with Crippen LogP contribution in [0.4, 0.5) is 0 Å². The van der Waals surface area contributed by atoms with Gasteiger partial charge >= 0.3 is 0 Å². The molecule has 0 radical (unpaired) electrons. The molecule has 3 nitrogen and oxygen atoms in total. The van der Waals surface area contributed by atoms with E-state index in [0.29, 0.717) is 0 Å². The lowest BCUT2D eigenvalue weighted by atomic mass is 9.97. The van der Waals surface area contributed by atoms with Crippen LogP contribution < -0.4 is 5.32 Å². The van der Waals surface area contributed by atoms with Crippen LogP contribution in [-0.4, -0.2) is 16.5 Å². The van der Waals surface area contributed by atoms with E-state index in [9.17, 15) is 0 Å². The molecule has 112 valence electrons. The van der Waals surface area contributed by atoms with E-state index in [1.807, 2.05) is 24.7 Å². The van der Waals surface area contributed by atoms with Crippen LogP contribution in [0.2, 0.25) is 0 Å². The highest BCUT2D eigenvalue weighted by Gasteiger charge is 2.15. The second kappa shape index (κ2) is 8.25. The number of nitrogens with zero attached hydrogens (tertiary/aromatic N) is 2. The molecule has 1 N–H and O–H groups in total. The monoisotopic (exact) mass is 347 g/mol. The van der Waals surface area contributed by atoms with Crippen molar-refractivity contribution in [2.24, 2.45) is 0 Å². The summed E-state index contributed by atoms with van der Waals surface area (Å²) >= 11 is 3.43. The summed E-state index contributed by atoms with van der Waals surface area (Å²) in [6, 6.07) is 6.55. The van der Waals surface area contributed by atoms with Crippen LogP contribution in [0.25, 0.3) is 0 Å². The molecular weight excluding hydrogens is 326 g/mol. The molecule has 2 aromatic heterocycles. The van der Waals surface area contributed by atoms with Gasteiger partial charge in [-0.1, -0.05) is 13.8 Å². The van der Waals surface area contributed by atoms with Gasteiger partial charge in [0, 0.05) is 41.2 Å². The molecule has 0 spiro atoms. The van der Waals surface area contributed by atoms with Gasteiger partial charge in [0.1, 0.15) is 0 Å². The van der Waals surface area contributed by atoms with E-state index in [2.05, 4.69) is 57.2 Å². The van der Waals surface area contributed by atoms with Crippen LogP contribution in [-0.2, 0) is 12.8 Å². The van der Waals surface area contributed by atoms with Crippen molar-refractivity contribution in [2.45, 2.75) is 39.2 Å². The van der Waals surface area contributed by atoms with Gasteiger partial charge in [0.05, 0.1) is 0 Å². The summed E-state index contributed by atoms with van der Waals surface area (Å²) in [7, 11) is 0. The average molecular weight is 348 g/mol. The lowest BCUT2D eigenvalue weighted by Crippen LogP contribution is -2.25. The van der Waals surface area contributed by atoms with Crippen molar-refractivity contribution < 1.29 is 0 Å². The number of hydrogen-bond donors (Lipinski definition) is 1. The maximum absolute atomic E-state index is 4.50. The van der Waals surface area contributed by atoms with Crippen LogP contribution in [0.15, 0.2) is 41.3 Å². The van der Waals surface area contributed by atoms with Gasteiger partial charge in [-0.15, -0.1) is 0 Å². The Balaban J connectivity index is 2.23. The molecule has 1 unspecified atom stereocenters. The Bertz CT molecular complexity index is 554.